The second-order valence-electron chi connectivity index (χ2n) is 6.72. The van der Waals surface area contributed by atoms with Gasteiger partial charge in [-0.15, -0.1) is 0 Å². The monoisotopic (exact) mass is 359 g/mol. The van der Waals surface area contributed by atoms with Crippen LogP contribution in [0.5, 0.6) is 5.75 Å². The van der Waals surface area contributed by atoms with Gasteiger partial charge in [0, 0.05) is 45.2 Å². The van der Waals surface area contributed by atoms with Crippen LogP contribution in [0.15, 0.2) is 30.3 Å². The number of hydrogen-bond acceptors (Lipinski definition) is 4. The Bertz CT molecular complexity index is 621. The number of likely N-dealkylation sites (tertiary alicyclic amines) is 1. The molecule has 0 bridgehead atoms. The fourth-order valence-electron chi connectivity index (χ4n) is 3.43. The summed E-state index contributed by atoms with van der Waals surface area (Å²) in [6.45, 7) is 3.59. The van der Waals surface area contributed by atoms with E-state index in [-0.39, 0.29) is 24.3 Å². The Morgan fingerprint density at radius 2 is 1.62 bits per heavy atom. The summed E-state index contributed by atoms with van der Waals surface area (Å²) < 4.78 is 5.51. The van der Waals surface area contributed by atoms with Crippen LogP contribution in [0, 0.1) is 5.92 Å². The zero-order valence-corrected chi connectivity index (χ0v) is 14.9. The van der Waals surface area contributed by atoms with Crippen LogP contribution < -0.4 is 4.74 Å². The van der Waals surface area contributed by atoms with E-state index in [1.54, 1.807) is 9.80 Å². The van der Waals surface area contributed by atoms with Gasteiger partial charge < -0.3 is 19.4 Å². The van der Waals surface area contributed by atoms with Crippen LogP contribution >= 0.6 is 0 Å². The Morgan fingerprint density at radius 3 is 2.23 bits per heavy atom. The fraction of sp³-hybridized carbons (Fsp3) is 0.526. The SMILES string of the molecule is O=CN1CCN(C(=O)C2CCN(C(=O)COc3ccccc3)CC2)CC1. The summed E-state index contributed by atoms with van der Waals surface area (Å²) in [5.74, 6) is 0.764. The Hall–Kier alpha value is -2.57. The molecule has 2 heterocycles. The number of benzene rings is 1. The molecule has 26 heavy (non-hydrogen) atoms. The molecular weight excluding hydrogens is 334 g/mol. The maximum absolute atomic E-state index is 12.6. The van der Waals surface area contributed by atoms with Crippen LogP contribution in [-0.2, 0) is 14.4 Å². The molecule has 1 aromatic rings. The van der Waals surface area contributed by atoms with Crippen molar-refractivity contribution < 1.29 is 19.1 Å². The standard InChI is InChI=1S/C19H25N3O4/c23-15-20-10-12-22(13-11-20)19(25)16-6-8-21(9-7-16)18(24)14-26-17-4-2-1-3-5-17/h1-5,15-16H,6-14H2. The van der Waals surface area contributed by atoms with Crippen molar-refractivity contribution in [3.63, 3.8) is 0 Å². The highest BCUT2D eigenvalue weighted by molar-refractivity contribution is 5.81. The molecule has 3 amide bonds. The lowest BCUT2D eigenvalue weighted by Crippen LogP contribution is -2.51. The molecule has 2 fully saturated rings. The topological polar surface area (TPSA) is 70.2 Å². The smallest absolute Gasteiger partial charge is 0.260 e. The lowest BCUT2D eigenvalue weighted by atomic mass is 9.95. The van der Waals surface area contributed by atoms with E-state index in [0.717, 1.165) is 6.41 Å². The summed E-state index contributed by atoms with van der Waals surface area (Å²) in [6.07, 6.45) is 2.21. The first-order chi connectivity index (χ1) is 12.7. The van der Waals surface area contributed by atoms with Crippen LogP contribution in [0.25, 0.3) is 0 Å². The average molecular weight is 359 g/mol. The number of carbonyl (C=O) groups is 3. The molecule has 7 heteroatoms. The van der Waals surface area contributed by atoms with E-state index in [2.05, 4.69) is 0 Å². The summed E-state index contributed by atoms with van der Waals surface area (Å²) in [7, 11) is 0. The normalized spacial score (nSPS) is 18.5. The molecule has 0 saturated carbocycles. The molecule has 0 aromatic heterocycles. The second kappa shape index (κ2) is 8.69. The predicted molar refractivity (Wildman–Crippen MR) is 95.5 cm³/mol. The highest BCUT2D eigenvalue weighted by Crippen LogP contribution is 2.21. The van der Waals surface area contributed by atoms with Crippen molar-refractivity contribution in [3.8, 4) is 5.75 Å². The molecule has 2 saturated heterocycles. The van der Waals surface area contributed by atoms with Gasteiger partial charge in [-0.1, -0.05) is 18.2 Å². The summed E-state index contributed by atoms with van der Waals surface area (Å²) in [4.78, 5) is 41.0. The van der Waals surface area contributed by atoms with Crippen LogP contribution in [-0.4, -0.2) is 78.8 Å². The van der Waals surface area contributed by atoms with Crippen LogP contribution in [0.2, 0.25) is 0 Å². The number of nitrogens with zero attached hydrogens (tertiary/aromatic N) is 3. The quantitative estimate of drug-likeness (QED) is 0.722. The number of rotatable bonds is 5. The second-order valence-corrected chi connectivity index (χ2v) is 6.72. The predicted octanol–water partition coefficient (Wildman–Crippen LogP) is 0.605. The minimum absolute atomic E-state index is 0.0241. The molecule has 1 aromatic carbocycles. The summed E-state index contributed by atoms with van der Waals surface area (Å²) in [5, 5.41) is 0. The number of para-hydroxylation sites is 1. The van der Waals surface area contributed by atoms with Crippen molar-refractivity contribution in [2.24, 2.45) is 5.92 Å². The van der Waals surface area contributed by atoms with Gasteiger partial charge in [-0.25, -0.2) is 0 Å². The lowest BCUT2D eigenvalue weighted by Gasteiger charge is -2.37. The molecule has 0 N–H and O–H groups in total. The van der Waals surface area contributed by atoms with E-state index in [1.807, 2.05) is 35.2 Å². The first-order valence-corrected chi connectivity index (χ1v) is 9.11. The van der Waals surface area contributed by atoms with Gasteiger partial charge in [-0.05, 0) is 25.0 Å². The van der Waals surface area contributed by atoms with Crippen LogP contribution in [0.4, 0.5) is 0 Å². The van der Waals surface area contributed by atoms with Gasteiger partial charge in [0.1, 0.15) is 5.75 Å². The van der Waals surface area contributed by atoms with Gasteiger partial charge in [0.2, 0.25) is 12.3 Å². The van der Waals surface area contributed by atoms with Crippen LogP contribution in [0.3, 0.4) is 0 Å². The first kappa shape index (κ1) is 18.2. The number of amides is 3. The van der Waals surface area contributed by atoms with Gasteiger partial charge in [0.15, 0.2) is 6.61 Å². The number of piperazine rings is 1. The Labute approximate surface area is 153 Å². The van der Waals surface area contributed by atoms with Crippen molar-refractivity contribution in [2.45, 2.75) is 12.8 Å². The summed E-state index contributed by atoms with van der Waals surface area (Å²) >= 11 is 0. The third-order valence-electron chi connectivity index (χ3n) is 5.08. The molecule has 3 rings (SSSR count). The maximum Gasteiger partial charge on any atom is 0.260 e. The number of carbonyl (C=O) groups excluding carboxylic acids is 3. The van der Waals surface area contributed by atoms with Crippen molar-refractivity contribution in [1.29, 1.82) is 0 Å². The van der Waals surface area contributed by atoms with Gasteiger partial charge in [-0.3, -0.25) is 14.4 Å². The zero-order chi connectivity index (χ0) is 18.4. The van der Waals surface area contributed by atoms with E-state index in [1.165, 1.54) is 0 Å². The fourth-order valence-corrected chi connectivity index (χ4v) is 3.43. The number of ether oxygens (including phenoxy) is 1. The largest absolute Gasteiger partial charge is 0.484 e. The van der Waals surface area contributed by atoms with Crippen molar-refractivity contribution in [3.05, 3.63) is 30.3 Å². The van der Waals surface area contributed by atoms with E-state index in [9.17, 15) is 14.4 Å². The van der Waals surface area contributed by atoms with Gasteiger partial charge >= 0.3 is 0 Å². The average Bonchev–Trinajstić information content (AvgIpc) is 2.72. The molecule has 2 aliphatic rings. The Kier molecular flexibility index (Phi) is 6.09. The lowest BCUT2D eigenvalue weighted by molar-refractivity contribution is -0.143. The van der Waals surface area contributed by atoms with Gasteiger partial charge in [0.05, 0.1) is 0 Å². The molecule has 0 unspecified atom stereocenters. The first-order valence-electron chi connectivity index (χ1n) is 9.11. The van der Waals surface area contributed by atoms with Crippen molar-refractivity contribution in [1.82, 2.24) is 14.7 Å². The Balaban J connectivity index is 1.41. The number of hydrogen-bond donors (Lipinski definition) is 0. The zero-order valence-electron chi connectivity index (χ0n) is 14.9. The molecule has 7 nitrogen and oxygen atoms in total. The Morgan fingerprint density at radius 1 is 0.962 bits per heavy atom. The van der Waals surface area contributed by atoms with Gasteiger partial charge in [0.25, 0.3) is 5.91 Å². The van der Waals surface area contributed by atoms with E-state index >= 15 is 0 Å². The molecule has 2 aliphatic heterocycles. The minimum atomic E-state index is -0.0423. The molecule has 140 valence electrons. The maximum atomic E-state index is 12.6. The van der Waals surface area contributed by atoms with Gasteiger partial charge in [-0.2, -0.15) is 0 Å². The summed E-state index contributed by atoms with van der Waals surface area (Å²) in [5.41, 5.74) is 0. The van der Waals surface area contributed by atoms with Crippen molar-refractivity contribution >= 4 is 18.2 Å². The van der Waals surface area contributed by atoms with Crippen LogP contribution in [0.1, 0.15) is 12.8 Å². The van der Waals surface area contributed by atoms with E-state index in [0.29, 0.717) is 57.9 Å². The third-order valence-corrected chi connectivity index (χ3v) is 5.08. The molecule has 0 aliphatic carbocycles. The van der Waals surface area contributed by atoms with E-state index in [4.69, 9.17) is 4.74 Å². The summed E-state index contributed by atoms with van der Waals surface area (Å²) in [6, 6.07) is 9.28. The molecule has 0 spiro atoms. The molecular formula is C19H25N3O4. The number of piperidine rings is 1. The van der Waals surface area contributed by atoms with E-state index < -0.39 is 0 Å². The van der Waals surface area contributed by atoms with Crippen molar-refractivity contribution in [2.75, 3.05) is 45.9 Å². The third kappa shape index (κ3) is 4.53. The molecule has 0 radical (unpaired) electrons. The highest BCUT2D eigenvalue weighted by Gasteiger charge is 2.31. The molecule has 0 atom stereocenters. The highest BCUT2D eigenvalue weighted by atomic mass is 16.5. The minimum Gasteiger partial charge on any atom is -0.484 e.